The van der Waals surface area contributed by atoms with Crippen LogP contribution in [0.25, 0.3) is 22.4 Å². The Kier molecular flexibility index (Phi) is 4.24. The molecular formula is C22H27N3. The molecule has 0 saturated carbocycles. The van der Waals surface area contributed by atoms with E-state index < -0.39 is 0 Å². The van der Waals surface area contributed by atoms with Crippen molar-refractivity contribution in [3.63, 3.8) is 0 Å². The van der Waals surface area contributed by atoms with Crippen molar-refractivity contribution in [2.45, 2.75) is 52.0 Å². The Balaban J connectivity index is 1.86. The predicted molar refractivity (Wildman–Crippen MR) is 106 cm³/mol. The van der Waals surface area contributed by atoms with E-state index in [1.54, 1.807) is 0 Å². The largest absolute Gasteiger partial charge is 0.372 e. The number of para-hydroxylation sites is 2. The van der Waals surface area contributed by atoms with Crippen LogP contribution in [0.2, 0.25) is 0 Å². The van der Waals surface area contributed by atoms with Gasteiger partial charge in [0.05, 0.1) is 11.0 Å². The first-order chi connectivity index (χ1) is 12.2. The Morgan fingerprint density at radius 3 is 2.84 bits per heavy atom. The number of rotatable bonds is 4. The molecule has 0 aliphatic carbocycles. The summed E-state index contributed by atoms with van der Waals surface area (Å²) in [5.74, 6) is 1.01. The number of anilines is 1. The molecule has 25 heavy (non-hydrogen) atoms. The molecule has 0 bridgehead atoms. The first-order valence-electron chi connectivity index (χ1n) is 9.51. The molecule has 1 unspecified atom stereocenters. The number of nitrogens with one attached hydrogen (secondary N) is 1. The Hall–Kier alpha value is -2.29. The summed E-state index contributed by atoms with van der Waals surface area (Å²) >= 11 is 0. The normalized spacial score (nSPS) is 17.1. The van der Waals surface area contributed by atoms with Gasteiger partial charge in [-0.25, -0.2) is 4.98 Å². The number of fused-ring (bicyclic) bond motifs is 2. The highest BCUT2D eigenvalue weighted by Gasteiger charge is 2.24. The minimum absolute atomic E-state index is 0.614. The van der Waals surface area contributed by atoms with Gasteiger partial charge in [-0.2, -0.15) is 0 Å². The van der Waals surface area contributed by atoms with E-state index in [1.807, 2.05) is 6.07 Å². The summed E-state index contributed by atoms with van der Waals surface area (Å²) in [5.41, 5.74) is 7.88. The van der Waals surface area contributed by atoms with Gasteiger partial charge in [0.25, 0.3) is 0 Å². The molecule has 0 radical (unpaired) electrons. The summed E-state index contributed by atoms with van der Waals surface area (Å²) in [6, 6.07) is 13.5. The van der Waals surface area contributed by atoms with Crippen molar-refractivity contribution in [2.75, 3.05) is 11.9 Å². The van der Waals surface area contributed by atoms with Gasteiger partial charge in [0.1, 0.15) is 5.82 Å². The summed E-state index contributed by atoms with van der Waals surface area (Å²) in [5, 5.41) is 0. The summed E-state index contributed by atoms with van der Waals surface area (Å²) in [6.45, 7) is 4.59. The van der Waals surface area contributed by atoms with Gasteiger partial charge in [-0.1, -0.05) is 25.5 Å². The third-order valence-corrected chi connectivity index (χ3v) is 5.68. The lowest BCUT2D eigenvalue weighted by molar-refractivity contribution is 0.594. The lowest BCUT2D eigenvalue weighted by atomic mass is 9.87. The van der Waals surface area contributed by atoms with E-state index >= 15 is 0 Å². The molecule has 3 nitrogen and oxygen atoms in total. The van der Waals surface area contributed by atoms with Crippen molar-refractivity contribution in [2.24, 2.45) is 0 Å². The van der Waals surface area contributed by atoms with Crippen molar-refractivity contribution in [1.82, 2.24) is 9.97 Å². The minimum atomic E-state index is 0.614. The molecule has 3 aromatic rings. The summed E-state index contributed by atoms with van der Waals surface area (Å²) < 4.78 is 0. The summed E-state index contributed by atoms with van der Waals surface area (Å²) in [6.07, 6.45) is 5.98. The number of benzene rings is 2. The molecule has 1 N–H and O–H groups in total. The maximum atomic E-state index is 4.87. The average molecular weight is 333 g/mol. The molecule has 1 atom stereocenters. The van der Waals surface area contributed by atoms with E-state index in [0.717, 1.165) is 23.3 Å². The van der Waals surface area contributed by atoms with Crippen LogP contribution in [0.1, 0.15) is 44.2 Å². The van der Waals surface area contributed by atoms with E-state index in [9.17, 15) is 0 Å². The van der Waals surface area contributed by atoms with Crippen LogP contribution in [0, 0.1) is 0 Å². The van der Waals surface area contributed by atoms with Gasteiger partial charge in [0, 0.05) is 24.3 Å². The van der Waals surface area contributed by atoms with Crippen LogP contribution in [0.5, 0.6) is 0 Å². The Morgan fingerprint density at radius 1 is 1.20 bits per heavy atom. The number of unbranched alkanes of at least 4 members (excludes halogenated alkanes) is 1. The number of imidazole rings is 1. The van der Waals surface area contributed by atoms with E-state index in [1.165, 1.54) is 48.1 Å². The highest BCUT2D eigenvalue weighted by Crippen LogP contribution is 2.37. The quantitative estimate of drug-likeness (QED) is 0.698. The second-order valence-corrected chi connectivity index (χ2v) is 7.29. The lowest BCUT2D eigenvalue weighted by Crippen LogP contribution is -2.34. The second-order valence-electron chi connectivity index (χ2n) is 7.29. The fraction of sp³-hybridized carbons (Fsp3) is 0.409. The van der Waals surface area contributed by atoms with Crippen LogP contribution < -0.4 is 4.90 Å². The smallest absolute Gasteiger partial charge is 0.138 e. The van der Waals surface area contributed by atoms with Crippen molar-refractivity contribution in [3.8, 4) is 11.4 Å². The number of aromatic amines is 1. The lowest BCUT2D eigenvalue weighted by Gasteiger charge is -2.35. The topological polar surface area (TPSA) is 31.9 Å². The van der Waals surface area contributed by atoms with Gasteiger partial charge in [0.15, 0.2) is 0 Å². The monoisotopic (exact) mass is 333 g/mol. The molecular weight excluding hydrogens is 306 g/mol. The number of hydrogen-bond donors (Lipinski definition) is 1. The number of aromatic nitrogens is 2. The fourth-order valence-electron chi connectivity index (χ4n) is 4.02. The van der Waals surface area contributed by atoms with E-state index in [2.05, 4.69) is 61.1 Å². The molecule has 3 heteroatoms. The Labute approximate surface area is 150 Å². The van der Waals surface area contributed by atoms with Crippen LogP contribution in [-0.2, 0) is 12.8 Å². The third kappa shape index (κ3) is 2.82. The zero-order valence-electron chi connectivity index (χ0n) is 15.5. The number of H-pyrrole nitrogens is 1. The van der Waals surface area contributed by atoms with Crippen molar-refractivity contribution >= 4 is 16.7 Å². The molecule has 1 aliphatic rings. The van der Waals surface area contributed by atoms with Gasteiger partial charge in [-0.05, 0) is 68.0 Å². The van der Waals surface area contributed by atoms with E-state index in [4.69, 9.17) is 4.98 Å². The Bertz CT molecular complexity index is 860. The number of nitrogens with zero attached hydrogens (tertiary/aromatic N) is 2. The van der Waals surface area contributed by atoms with Crippen molar-refractivity contribution in [3.05, 3.63) is 47.5 Å². The maximum Gasteiger partial charge on any atom is 0.138 e. The summed E-state index contributed by atoms with van der Waals surface area (Å²) in [7, 11) is 2.23. The molecule has 0 saturated heterocycles. The van der Waals surface area contributed by atoms with Gasteiger partial charge in [0.2, 0.25) is 0 Å². The zero-order chi connectivity index (χ0) is 17.4. The summed E-state index contributed by atoms with van der Waals surface area (Å²) in [4.78, 5) is 10.8. The molecule has 2 heterocycles. The second kappa shape index (κ2) is 6.55. The molecule has 4 rings (SSSR count). The van der Waals surface area contributed by atoms with Crippen LogP contribution in [-0.4, -0.2) is 23.1 Å². The molecule has 130 valence electrons. The first-order valence-corrected chi connectivity index (χ1v) is 9.51. The van der Waals surface area contributed by atoms with E-state index in [-0.39, 0.29) is 0 Å². The molecule has 1 aromatic heterocycles. The molecule has 0 amide bonds. The van der Waals surface area contributed by atoms with E-state index in [0.29, 0.717) is 6.04 Å². The molecule has 1 aliphatic heterocycles. The SMILES string of the molecule is CCCCc1c(-c2nc3ccccc3[nH]2)ccc2c1CCC(C)N2C. The van der Waals surface area contributed by atoms with Crippen LogP contribution in [0.4, 0.5) is 5.69 Å². The first kappa shape index (κ1) is 16.2. The molecule has 0 fully saturated rings. The predicted octanol–water partition coefficient (Wildman–Crippen LogP) is 5.34. The van der Waals surface area contributed by atoms with Gasteiger partial charge < -0.3 is 9.88 Å². The standard InChI is InChI=1S/C22H27N3/c1-4-5-8-16-17-12-11-15(2)25(3)21(17)14-13-18(16)22-23-19-9-6-7-10-20(19)24-22/h6-7,9-10,13-15H,4-5,8,11-12H2,1-3H3,(H,23,24). The Morgan fingerprint density at radius 2 is 2.04 bits per heavy atom. The average Bonchev–Trinajstić information content (AvgIpc) is 3.06. The molecule has 2 aromatic carbocycles. The highest BCUT2D eigenvalue weighted by atomic mass is 15.1. The zero-order valence-corrected chi connectivity index (χ0v) is 15.5. The van der Waals surface area contributed by atoms with Crippen LogP contribution in [0.3, 0.4) is 0 Å². The highest BCUT2D eigenvalue weighted by molar-refractivity contribution is 5.81. The maximum absolute atomic E-state index is 4.87. The van der Waals surface area contributed by atoms with Crippen LogP contribution >= 0.6 is 0 Å². The minimum Gasteiger partial charge on any atom is -0.372 e. The number of hydrogen-bond acceptors (Lipinski definition) is 2. The van der Waals surface area contributed by atoms with Crippen molar-refractivity contribution in [1.29, 1.82) is 0 Å². The van der Waals surface area contributed by atoms with Gasteiger partial charge in [-0.3, -0.25) is 0 Å². The van der Waals surface area contributed by atoms with Crippen molar-refractivity contribution < 1.29 is 0 Å². The third-order valence-electron chi connectivity index (χ3n) is 5.68. The van der Waals surface area contributed by atoms with Gasteiger partial charge in [-0.15, -0.1) is 0 Å². The van der Waals surface area contributed by atoms with Crippen LogP contribution in [0.15, 0.2) is 36.4 Å². The molecule has 0 spiro atoms. The van der Waals surface area contributed by atoms with Gasteiger partial charge >= 0.3 is 0 Å². The fourth-order valence-corrected chi connectivity index (χ4v) is 4.02.